The van der Waals surface area contributed by atoms with Crippen molar-refractivity contribution in [3.05, 3.63) is 48.0 Å². The summed E-state index contributed by atoms with van der Waals surface area (Å²) in [6, 6.07) is 11.7. The lowest BCUT2D eigenvalue weighted by atomic mass is 9.94. The van der Waals surface area contributed by atoms with E-state index < -0.39 is 10.0 Å². The number of nitrogens with one attached hydrogen (secondary N) is 1. The number of anilines is 1. The number of piperidine rings is 1. The fraction of sp³-hybridized carbons (Fsp3) is 0.391. The number of para-hydroxylation sites is 1. The molecule has 1 aliphatic rings. The predicted molar refractivity (Wildman–Crippen MR) is 127 cm³/mol. The van der Waals surface area contributed by atoms with E-state index in [1.807, 2.05) is 25.1 Å². The van der Waals surface area contributed by atoms with Crippen LogP contribution in [-0.2, 0) is 10.0 Å². The molecule has 0 saturated carbocycles. The quantitative estimate of drug-likeness (QED) is 0.565. The molecular formula is C23H27N3O4S2. The molecular weight excluding hydrogens is 446 g/mol. The van der Waals surface area contributed by atoms with Gasteiger partial charge in [0, 0.05) is 18.7 Å². The summed E-state index contributed by atoms with van der Waals surface area (Å²) in [5.41, 5.74) is 1.08. The molecule has 1 amide bonds. The second kappa shape index (κ2) is 9.17. The Bertz CT molecular complexity index is 1210. The Morgan fingerprint density at radius 3 is 2.50 bits per heavy atom. The van der Waals surface area contributed by atoms with E-state index in [1.165, 1.54) is 35.6 Å². The average molecular weight is 474 g/mol. The summed E-state index contributed by atoms with van der Waals surface area (Å²) in [5, 5.41) is 3.27. The van der Waals surface area contributed by atoms with Gasteiger partial charge in [-0.15, -0.1) is 0 Å². The van der Waals surface area contributed by atoms with Gasteiger partial charge in [-0.1, -0.05) is 31.3 Å². The summed E-state index contributed by atoms with van der Waals surface area (Å²) in [7, 11) is -3.58. The van der Waals surface area contributed by atoms with Gasteiger partial charge < -0.3 is 4.74 Å². The third-order valence-corrected chi connectivity index (χ3v) is 8.27. The van der Waals surface area contributed by atoms with Gasteiger partial charge in [-0.25, -0.2) is 13.4 Å². The van der Waals surface area contributed by atoms with Gasteiger partial charge in [-0.05, 0) is 61.6 Å². The van der Waals surface area contributed by atoms with Crippen molar-refractivity contribution in [3.8, 4) is 5.75 Å². The number of thiazole rings is 1. The van der Waals surface area contributed by atoms with Crippen LogP contribution in [0.3, 0.4) is 0 Å². The molecule has 1 N–H and O–H groups in total. The normalized spacial score (nSPS) is 19.7. The second-order valence-corrected chi connectivity index (χ2v) is 11.3. The zero-order valence-electron chi connectivity index (χ0n) is 18.4. The summed E-state index contributed by atoms with van der Waals surface area (Å²) in [4.78, 5) is 17.4. The van der Waals surface area contributed by atoms with Gasteiger partial charge in [-0.2, -0.15) is 4.31 Å². The molecule has 0 spiro atoms. The Balaban J connectivity index is 1.50. The third-order valence-electron chi connectivity index (χ3n) is 5.49. The number of carbonyl (C=O) groups excluding carboxylic acids is 1. The summed E-state index contributed by atoms with van der Waals surface area (Å²) in [6.07, 6.45) is 1.03. The Morgan fingerprint density at radius 1 is 1.16 bits per heavy atom. The summed E-state index contributed by atoms with van der Waals surface area (Å²) < 4.78 is 34.1. The molecule has 0 radical (unpaired) electrons. The number of rotatable bonds is 6. The minimum Gasteiger partial charge on any atom is -0.492 e. The summed E-state index contributed by atoms with van der Waals surface area (Å²) in [6.45, 7) is 7.63. The van der Waals surface area contributed by atoms with Crippen LogP contribution in [0.5, 0.6) is 5.75 Å². The van der Waals surface area contributed by atoms with Gasteiger partial charge in [0.25, 0.3) is 5.91 Å². The Kier molecular flexibility index (Phi) is 6.50. The number of carbonyl (C=O) groups is 1. The molecule has 9 heteroatoms. The van der Waals surface area contributed by atoms with Gasteiger partial charge in [0.1, 0.15) is 11.3 Å². The van der Waals surface area contributed by atoms with Gasteiger partial charge >= 0.3 is 0 Å². The van der Waals surface area contributed by atoms with Crippen molar-refractivity contribution >= 4 is 42.6 Å². The fourth-order valence-corrected chi connectivity index (χ4v) is 6.71. The van der Waals surface area contributed by atoms with E-state index in [0.29, 0.717) is 53.5 Å². The zero-order chi connectivity index (χ0) is 22.9. The number of fused-ring (bicyclic) bond motifs is 1. The van der Waals surface area contributed by atoms with Crippen LogP contribution in [-0.4, -0.2) is 43.3 Å². The predicted octanol–water partition coefficient (Wildman–Crippen LogP) is 4.61. The number of ether oxygens (including phenoxy) is 1. The molecule has 0 bridgehead atoms. The number of hydrogen-bond donors (Lipinski definition) is 1. The molecule has 2 heterocycles. The van der Waals surface area contributed by atoms with E-state index in [1.54, 1.807) is 4.31 Å². The molecule has 1 aliphatic heterocycles. The van der Waals surface area contributed by atoms with E-state index in [2.05, 4.69) is 24.1 Å². The maximum atomic E-state index is 13.0. The van der Waals surface area contributed by atoms with Crippen molar-refractivity contribution in [2.24, 2.45) is 11.8 Å². The van der Waals surface area contributed by atoms with E-state index in [-0.39, 0.29) is 10.8 Å². The van der Waals surface area contributed by atoms with E-state index in [4.69, 9.17) is 4.74 Å². The number of sulfonamides is 1. The summed E-state index contributed by atoms with van der Waals surface area (Å²) >= 11 is 1.36. The molecule has 3 aromatic rings. The van der Waals surface area contributed by atoms with Gasteiger partial charge in [0.05, 0.1) is 16.2 Å². The highest BCUT2D eigenvalue weighted by Gasteiger charge is 2.31. The first-order valence-electron chi connectivity index (χ1n) is 10.7. The first-order chi connectivity index (χ1) is 15.3. The van der Waals surface area contributed by atoms with Crippen LogP contribution in [0, 0.1) is 11.8 Å². The van der Waals surface area contributed by atoms with Crippen LogP contribution in [0.4, 0.5) is 5.13 Å². The number of aromatic nitrogens is 1. The van der Waals surface area contributed by atoms with Crippen molar-refractivity contribution in [2.45, 2.75) is 32.1 Å². The Morgan fingerprint density at radius 2 is 1.84 bits per heavy atom. The first kappa shape index (κ1) is 22.7. The number of nitrogens with zero attached hydrogens (tertiary/aromatic N) is 2. The van der Waals surface area contributed by atoms with Crippen molar-refractivity contribution < 1.29 is 17.9 Å². The molecule has 1 fully saturated rings. The van der Waals surface area contributed by atoms with Crippen LogP contribution < -0.4 is 10.1 Å². The van der Waals surface area contributed by atoms with Crippen molar-refractivity contribution in [3.63, 3.8) is 0 Å². The highest BCUT2D eigenvalue weighted by Crippen LogP contribution is 2.32. The first-order valence-corrected chi connectivity index (χ1v) is 13.0. The minimum absolute atomic E-state index is 0.205. The molecule has 2 aromatic carbocycles. The average Bonchev–Trinajstić information content (AvgIpc) is 3.17. The van der Waals surface area contributed by atoms with Crippen LogP contribution in [0.15, 0.2) is 47.4 Å². The van der Waals surface area contributed by atoms with Gasteiger partial charge in [0.15, 0.2) is 5.13 Å². The van der Waals surface area contributed by atoms with Crippen molar-refractivity contribution in [1.29, 1.82) is 0 Å². The smallest absolute Gasteiger partial charge is 0.257 e. The minimum atomic E-state index is -3.58. The lowest BCUT2D eigenvalue weighted by Gasteiger charge is -2.34. The Labute approximate surface area is 192 Å². The zero-order valence-corrected chi connectivity index (χ0v) is 20.0. The molecule has 170 valence electrons. The van der Waals surface area contributed by atoms with E-state index in [9.17, 15) is 13.2 Å². The molecule has 7 nitrogen and oxygen atoms in total. The Hall–Kier alpha value is -2.49. The molecule has 32 heavy (non-hydrogen) atoms. The standard InChI is InChI=1S/C23H27N3O4S2/c1-4-30-19-6-5-7-20-21(19)24-23(31-20)25-22(27)17-8-10-18(11-9-17)32(28,29)26-13-15(2)12-16(3)14-26/h5-11,15-16H,4,12-14H2,1-3H3,(H,24,25,27). The maximum Gasteiger partial charge on any atom is 0.257 e. The number of benzene rings is 2. The van der Waals surface area contributed by atoms with Gasteiger partial charge in [0.2, 0.25) is 10.0 Å². The van der Waals surface area contributed by atoms with Crippen molar-refractivity contribution in [1.82, 2.24) is 9.29 Å². The van der Waals surface area contributed by atoms with Crippen LogP contribution in [0.25, 0.3) is 10.2 Å². The molecule has 2 unspecified atom stereocenters. The summed E-state index contributed by atoms with van der Waals surface area (Å²) in [5.74, 6) is 0.995. The topological polar surface area (TPSA) is 88.6 Å². The molecule has 4 rings (SSSR count). The lowest BCUT2D eigenvalue weighted by molar-refractivity contribution is 0.102. The maximum absolute atomic E-state index is 13.0. The molecule has 1 aromatic heterocycles. The second-order valence-electron chi connectivity index (χ2n) is 8.30. The van der Waals surface area contributed by atoms with Crippen LogP contribution in [0.1, 0.15) is 37.6 Å². The molecule has 1 saturated heterocycles. The third kappa shape index (κ3) is 4.65. The van der Waals surface area contributed by atoms with Crippen molar-refractivity contribution in [2.75, 3.05) is 25.0 Å². The van der Waals surface area contributed by atoms with Crippen LogP contribution in [0.2, 0.25) is 0 Å². The molecule has 2 atom stereocenters. The number of amides is 1. The fourth-order valence-electron chi connectivity index (χ4n) is 4.15. The van der Waals surface area contributed by atoms with Gasteiger partial charge in [-0.3, -0.25) is 10.1 Å². The lowest BCUT2D eigenvalue weighted by Crippen LogP contribution is -2.42. The highest BCUT2D eigenvalue weighted by molar-refractivity contribution is 7.89. The monoisotopic (exact) mass is 473 g/mol. The van der Waals surface area contributed by atoms with E-state index in [0.717, 1.165) is 11.1 Å². The SMILES string of the molecule is CCOc1cccc2sc(NC(=O)c3ccc(S(=O)(=O)N4CC(C)CC(C)C4)cc3)nc12. The largest absolute Gasteiger partial charge is 0.492 e. The highest BCUT2D eigenvalue weighted by atomic mass is 32.2. The van der Waals surface area contributed by atoms with Crippen LogP contribution >= 0.6 is 11.3 Å². The number of hydrogen-bond acceptors (Lipinski definition) is 6. The molecule has 0 aliphatic carbocycles. The van der Waals surface area contributed by atoms with E-state index >= 15 is 0 Å².